The van der Waals surface area contributed by atoms with Crippen molar-refractivity contribution >= 4 is 0 Å². The molecule has 1 aliphatic rings. The Kier molecular flexibility index (Phi) is 7.77. The molecule has 0 heterocycles. The van der Waals surface area contributed by atoms with Crippen molar-refractivity contribution in [1.82, 2.24) is 4.90 Å². The van der Waals surface area contributed by atoms with E-state index in [2.05, 4.69) is 11.9 Å². The van der Waals surface area contributed by atoms with Crippen LogP contribution in [-0.2, 0) is 9.47 Å². The molecule has 0 aromatic rings. The molecule has 4 heteroatoms. The lowest BCUT2D eigenvalue weighted by atomic mass is 9.86. The predicted octanol–water partition coefficient (Wildman–Crippen LogP) is 1.13. The van der Waals surface area contributed by atoms with E-state index in [1.807, 2.05) is 0 Å². The molecule has 0 saturated heterocycles. The highest BCUT2D eigenvalue weighted by atomic mass is 16.5. The fraction of sp³-hybridized carbons (Fsp3) is 1.00. The van der Waals surface area contributed by atoms with Gasteiger partial charge in [0.2, 0.25) is 0 Å². The van der Waals surface area contributed by atoms with Crippen molar-refractivity contribution in [2.75, 3.05) is 47.1 Å². The van der Waals surface area contributed by atoms with Crippen molar-refractivity contribution in [3.63, 3.8) is 0 Å². The largest absolute Gasteiger partial charge is 0.396 e. The molecule has 4 nitrogen and oxygen atoms in total. The van der Waals surface area contributed by atoms with Gasteiger partial charge in [0.15, 0.2) is 0 Å². The molecule has 0 aromatic carbocycles. The summed E-state index contributed by atoms with van der Waals surface area (Å²) in [6.45, 7) is 3.47. The van der Waals surface area contributed by atoms with Crippen LogP contribution in [0.3, 0.4) is 0 Å². The Bertz CT molecular complexity index is 182. The van der Waals surface area contributed by atoms with Gasteiger partial charge in [-0.05, 0) is 38.6 Å². The molecule has 0 aromatic heterocycles. The first-order valence-electron chi connectivity index (χ1n) is 6.65. The van der Waals surface area contributed by atoms with Crippen molar-refractivity contribution < 1.29 is 14.6 Å². The van der Waals surface area contributed by atoms with Gasteiger partial charge in [-0.2, -0.15) is 0 Å². The Morgan fingerprint density at radius 1 is 1.12 bits per heavy atom. The molecule has 17 heavy (non-hydrogen) atoms. The minimum atomic E-state index is 0.358. The number of rotatable bonds is 8. The van der Waals surface area contributed by atoms with Gasteiger partial charge >= 0.3 is 0 Å². The molecule has 0 aliphatic heterocycles. The van der Waals surface area contributed by atoms with Crippen LogP contribution in [0, 0.1) is 5.92 Å². The highest BCUT2D eigenvalue weighted by Gasteiger charge is 2.23. The summed E-state index contributed by atoms with van der Waals surface area (Å²) in [7, 11) is 3.86. The number of aliphatic hydroxyl groups is 1. The SMILES string of the molecule is COCCOCCN(C)C1CCC(CO)CC1. The molecule has 0 amide bonds. The van der Waals surface area contributed by atoms with Gasteiger partial charge in [0.05, 0.1) is 19.8 Å². The second-order valence-electron chi connectivity index (χ2n) is 4.94. The fourth-order valence-corrected chi connectivity index (χ4v) is 2.40. The third kappa shape index (κ3) is 5.82. The second-order valence-corrected chi connectivity index (χ2v) is 4.94. The zero-order chi connectivity index (χ0) is 12.5. The predicted molar refractivity (Wildman–Crippen MR) is 68.2 cm³/mol. The summed E-state index contributed by atoms with van der Waals surface area (Å²) in [6.07, 6.45) is 4.74. The lowest BCUT2D eigenvalue weighted by molar-refractivity contribution is 0.0478. The van der Waals surface area contributed by atoms with Crippen LogP contribution in [0.2, 0.25) is 0 Å². The summed E-state index contributed by atoms with van der Waals surface area (Å²) in [5.74, 6) is 0.539. The van der Waals surface area contributed by atoms with E-state index in [4.69, 9.17) is 14.6 Å². The van der Waals surface area contributed by atoms with Crippen LogP contribution in [0.5, 0.6) is 0 Å². The second kappa shape index (κ2) is 8.86. The third-order valence-corrected chi connectivity index (χ3v) is 3.72. The Labute approximate surface area is 105 Å². The van der Waals surface area contributed by atoms with Crippen molar-refractivity contribution in [1.29, 1.82) is 0 Å². The summed E-state index contributed by atoms with van der Waals surface area (Å²) < 4.78 is 10.4. The van der Waals surface area contributed by atoms with E-state index in [1.165, 1.54) is 12.8 Å². The first-order valence-corrected chi connectivity index (χ1v) is 6.65. The van der Waals surface area contributed by atoms with Crippen LogP contribution in [0.15, 0.2) is 0 Å². The highest BCUT2D eigenvalue weighted by molar-refractivity contribution is 4.77. The Morgan fingerprint density at radius 3 is 2.41 bits per heavy atom. The van der Waals surface area contributed by atoms with Gasteiger partial charge < -0.3 is 19.5 Å². The van der Waals surface area contributed by atoms with Crippen LogP contribution in [-0.4, -0.2) is 63.2 Å². The van der Waals surface area contributed by atoms with Crippen LogP contribution >= 0.6 is 0 Å². The summed E-state index contributed by atoms with van der Waals surface area (Å²) in [5.41, 5.74) is 0. The smallest absolute Gasteiger partial charge is 0.0700 e. The number of aliphatic hydroxyl groups excluding tert-OH is 1. The van der Waals surface area contributed by atoms with Crippen LogP contribution in [0.4, 0.5) is 0 Å². The zero-order valence-electron chi connectivity index (χ0n) is 11.2. The Morgan fingerprint density at radius 2 is 1.82 bits per heavy atom. The maximum absolute atomic E-state index is 9.09. The zero-order valence-corrected chi connectivity index (χ0v) is 11.2. The number of methoxy groups -OCH3 is 1. The summed E-state index contributed by atoms with van der Waals surface area (Å²) in [4.78, 5) is 2.39. The van der Waals surface area contributed by atoms with Crippen molar-refractivity contribution in [2.45, 2.75) is 31.7 Å². The number of nitrogens with zero attached hydrogens (tertiary/aromatic N) is 1. The average molecular weight is 245 g/mol. The van der Waals surface area contributed by atoms with Gasteiger partial charge in [0.25, 0.3) is 0 Å². The lowest BCUT2D eigenvalue weighted by Crippen LogP contribution is -2.37. The first-order chi connectivity index (χ1) is 8.27. The minimum absolute atomic E-state index is 0.358. The number of hydrogen-bond acceptors (Lipinski definition) is 4. The molecule has 1 aliphatic carbocycles. The minimum Gasteiger partial charge on any atom is -0.396 e. The van der Waals surface area contributed by atoms with E-state index in [0.29, 0.717) is 31.8 Å². The normalized spacial score (nSPS) is 25.4. The average Bonchev–Trinajstić information content (AvgIpc) is 2.38. The van der Waals surface area contributed by atoms with Crippen molar-refractivity contribution in [3.8, 4) is 0 Å². The summed E-state index contributed by atoms with van der Waals surface area (Å²) in [6, 6.07) is 0.670. The maximum atomic E-state index is 9.09. The van der Waals surface area contributed by atoms with Gasteiger partial charge in [0.1, 0.15) is 0 Å². The third-order valence-electron chi connectivity index (χ3n) is 3.72. The van der Waals surface area contributed by atoms with E-state index in [0.717, 1.165) is 26.0 Å². The molecule has 1 fully saturated rings. The number of likely N-dealkylation sites (N-methyl/N-ethyl adjacent to an activating group) is 1. The van der Waals surface area contributed by atoms with Crippen LogP contribution in [0.1, 0.15) is 25.7 Å². The highest BCUT2D eigenvalue weighted by Crippen LogP contribution is 2.26. The summed E-state index contributed by atoms with van der Waals surface area (Å²) >= 11 is 0. The van der Waals surface area contributed by atoms with E-state index in [-0.39, 0.29) is 0 Å². The van der Waals surface area contributed by atoms with Crippen LogP contribution in [0.25, 0.3) is 0 Å². The van der Waals surface area contributed by atoms with Gasteiger partial charge in [-0.1, -0.05) is 0 Å². The monoisotopic (exact) mass is 245 g/mol. The number of hydrogen-bond donors (Lipinski definition) is 1. The topological polar surface area (TPSA) is 41.9 Å². The Balaban J connectivity index is 2.05. The molecule has 102 valence electrons. The van der Waals surface area contributed by atoms with E-state index < -0.39 is 0 Å². The summed E-state index contributed by atoms with van der Waals surface area (Å²) in [5, 5.41) is 9.09. The molecule has 0 radical (unpaired) electrons. The molecular weight excluding hydrogens is 218 g/mol. The molecular formula is C13H27NO3. The molecule has 1 saturated carbocycles. The first kappa shape index (κ1) is 14.9. The molecule has 1 N–H and O–H groups in total. The van der Waals surface area contributed by atoms with Crippen molar-refractivity contribution in [3.05, 3.63) is 0 Å². The van der Waals surface area contributed by atoms with Gasteiger partial charge in [0, 0.05) is 26.3 Å². The van der Waals surface area contributed by atoms with Gasteiger partial charge in [-0.15, -0.1) is 0 Å². The Hall–Kier alpha value is -0.160. The van der Waals surface area contributed by atoms with E-state index >= 15 is 0 Å². The molecule has 1 rings (SSSR count). The molecule has 0 unspecified atom stereocenters. The molecule has 0 atom stereocenters. The van der Waals surface area contributed by atoms with E-state index in [9.17, 15) is 0 Å². The molecule has 0 spiro atoms. The number of ether oxygens (including phenoxy) is 2. The van der Waals surface area contributed by atoms with Gasteiger partial charge in [-0.25, -0.2) is 0 Å². The quantitative estimate of drug-likeness (QED) is 0.651. The molecule has 0 bridgehead atoms. The van der Waals surface area contributed by atoms with Crippen LogP contribution < -0.4 is 0 Å². The standard InChI is InChI=1S/C13H27NO3/c1-14(7-8-17-10-9-16-2)13-5-3-12(11-15)4-6-13/h12-13,15H,3-11H2,1-2H3. The lowest BCUT2D eigenvalue weighted by Gasteiger charge is -2.34. The maximum Gasteiger partial charge on any atom is 0.0700 e. The van der Waals surface area contributed by atoms with E-state index in [1.54, 1.807) is 7.11 Å². The van der Waals surface area contributed by atoms with Gasteiger partial charge in [-0.3, -0.25) is 0 Å². The fourth-order valence-electron chi connectivity index (χ4n) is 2.40. The van der Waals surface area contributed by atoms with Crippen molar-refractivity contribution in [2.24, 2.45) is 5.92 Å².